The van der Waals surface area contributed by atoms with Gasteiger partial charge in [0.1, 0.15) is 0 Å². The topological polar surface area (TPSA) is 82.6 Å². The van der Waals surface area contributed by atoms with Crippen molar-refractivity contribution < 1.29 is 8.42 Å². The summed E-state index contributed by atoms with van der Waals surface area (Å²) in [6, 6.07) is 14.8. The van der Waals surface area contributed by atoms with Gasteiger partial charge < -0.3 is 10.6 Å². The van der Waals surface area contributed by atoms with E-state index in [1.807, 2.05) is 36.4 Å². The van der Waals surface area contributed by atoms with E-state index < -0.39 is 10.0 Å². The molecule has 0 heterocycles. The van der Waals surface area contributed by atoms with Crippen molar-refractivity contribution >= 4 is 51.6 Å². The maximum absolute atomic E-state index is 12.2. The maximum atomic E-state index is 12.2. The number of rotatable bonds is 8. The fourth-order valence-corrected chi connectivity index (χ4v) is 4.23. The molecule has 1 aliphatic carbocycles. The molecule has 2 aromatic rings. The van der Waals surface area contributed by atoms with Crippen LogP contribution in [0.1, 0.15) is 24.0 Å². The van der Waals surface area contributed by atoms with Crippen molar-refractivity contribution in [3.63, 3.8) is 0 Å². The van der Waals surface area contributed by atoms with E-state index in [9.17, 15) is 8.42 Å². The first-order valence-corrected chi connectivity index (χ1v) is 11.1. The van der Waals surface area contributed by atoms with Crippen LogP contribution in [-0.4, -0.2) is 34.0 Å². The molecule has 158 valence electrons. The largest absolute Gasteiger partial charge is 0.356 e. The van der Waals surface area contributed by atoms with Crippen LogP contribution >= 0.6 is 35.6 Å². The van der Waals surface area contributed by atoms with Gasteiger partial charge in [0.2, 0.25) is 10.0 Å². The van der Waals surface area contributed by atoms with Gasteiger partial charge >= 0.3 is 0 Å². The molecule has 1 aliphatic rings. The van der Waals surface area contributed by atoms with Crippen LogP contribution in [0, 0.1) is 0 Å². The lowest BCUT2D eigenvalue weighted by molar-refractivity contribution is 0.581. The number of benzene rings is 2. The van der Waals surface area contributed by atoms with Gasteiger partial charge in [-0.05, 0) is 48.6 Å². The van der Waals surface area contributed by atoms with Crippen LogP contribution in [0.4, 0.5) is 0 Å². The van der Waals surface area contributed by atoms with Crippen LogP contribution in [0.5, 0.6) is 0 Å². The number of hydrogen-bond acceptors (Lipinski definition) is 3. The minimum Gasteiger partial charge on any atom is -0.356 e. The van der Waals surface area contributed by atoms with Crippen molar-refractivity contribution in [1.82, 2.24) is 15.4 Å². The standard InChI is InChI=1S/C20H25ClN4O2S.HI/c1-22-20(23-13-12-16-4-2-3-5-19(16)21)24-14-15-6-10-18(11-7-15)28(26,27)25-17-8-9-17;/h2-7,10-11,17,25H,8-9,12-14H2,1H3,(H2,22,23,24);1H. The summed E-state index contributed by atoms with van der Waals surface area (Å²) >= 11 is 6.17. The van der Waals surface area contributed by atoms with Gasteiger partial charge in [-0.3, -0.25) is 4.99 Å². The summed E-state index contributed by atoms with van der Waals surface area (Å²) in [7, 11) is -1.70. The highest BCUT2D eigenvalue weighted by molar-refractivity contribution is 14.0. The van der Waals surface area contributed by atoms with Gasteiger partial charge in [0.05, 0.1) is 4.90 Å². The van der Waals surface area contributed by atoms with E-state index in [0.29, 0.717) is 23.9 Å². The molecule has 0 radical (unpaired) electrons. The van der Waals surface area contributed by atoms with Gasteiger partial charge in [-0.25, -0.2) is 13.1 Å². The fraction of sp³-hybridized carbons (Fsp3) is 0.350. The van der Waals surface area contributed by atoms with Crippen LogP contribution in [0.15, 0.2) is 58.4 Å². The molecule has 0 amide bonds. The van der Waals surface area contributed by atoms with Gasteiger partial charge in [-0.15, -0.1) is 24.0 Å². The first-order valence-electron chi connectivity index (χ1n) is 9.27. The van der Waals surface area contributed by atoms with E-state index in [2.05, 4.69) is 20.3 Å². The Morgan fingerprint density at radius 1 is 1.10 bits per heavy atom. The van der Waals surface area contributed by atoms with Crippen molar-refractivity contribution in [2.45, 2.75) is 36.7 Å². The third-order valence-corrected chi connectivity index (χ3v) is 6.37. The molecular formula is C20H26ClIN4O2S. The Morgan fingerprint density at radius 3 is 2.41 bits per heavy atom. The molecule has 1 fully saturated rings. The van der Waals surface area contributed by atoms with Gasteiger partial charge in [-0.1, -0.05) is 41.9 Å². The second-order valence-electron chi connectivity index (χ2n) is 6.73. The molecule has 3 rings (SSSR count). The van der Waals surface area contributed by atoms with Crippen LogP contribution in [0.3, 0.4) is 0 Å². The molecule has 6 nitrogen and oxygen atoms in total. The molecule has 0 aliphatic heterocycles. The second kappa shape index (κ2) is 11.1. The number of sulfonamides is 1. The number of aliphatic imine (C=N–C) groups is 1. The smallest absolute Gasteiger partial charge is 0.240 e. The molecule has 0 saturated heterocycles. The highest BCUT2D eigenvalue weighted by Crippen LogP contribution is 2.22. The second-order valence-corrected chi connectivity index (χ2v) is 8.85. The zero-order valence-electron chi connectivity index (χ0n) is 16.2. The Hall–Kier alpha value is -1.36. The van der Waals surface area contributed by atoms with Gasteiger partial charge in [0.25, 0.3) is 0 Å². The summed E-state index contributed by atoms with van der Waals surface area (Å²) in [5, 5.41) is 7.24. The zero-order valence-corrected chi connectivity index (χ0v) is 20.1. The normalized spacial score (nSPS) is 14.2. The van der Waals surface area contributed by atoms with Crippen molar-refractivity contribution in [1.29, 1.82) is 0 Å². The minimum absolute atomic E-state index is 0. The fourth-order valence-electron chi connectivity index (χ4n) is 2.70. The number of hydrogen-bond donors (Lipinski definition) is 3. The molecular weight excluding hydrogens is 523 g/mol. The number of nitrogens with zero attached hydrogens (tertiary/aromatic N) is 1. The first-order chi connectivity index (χ1) is 13.5. The van der Waals surface area contributed by atoms with E-state index in [4.69, 9.17) is 11.6 Å². The Bertz CT molecular complexity index is 932. The lowest BCUT2D eigenvalue weighted by Crippen LogP contribution is -2.37. The van der Waals surface area contributed by atoms with E-state index in [1.165, 1.54) is 0 Å². The average Bonchev–Trinajstić information content (AvgIpc) is 3.49. The van der Waals surface area contributed by atoms with Crippen molar-refractivity contribution in [2.24, 2.45) is 4.99 Å². The zero-order chi connectivity index (χ0) is 20.0. The molecule has 2 aromatic carbocycles. The average molecular weight is 549 g/mol. The molecule has 0 bridgehead atoms. The molecule has 9 heteroatoms. The third kappa shape index (κ3) is 7.44. The molecule has 0 atom stereocenters. The molecule has 0 unspecified atom stereocenters. The van der Waals surface area contributed by atoms with E-state index in [-0.39, 0.29) is 30.0 Å². The van der Waals surface area contributed by atoms with Crippen LogP contribution < -0.4 is 15.4 Å². The molecule has 1 saturated carbocycles. The SMILES string of the molecule is CN=C(NCCc1ccccc1Cl)NCc1ccc(S(=O)(=O)NC2CC2)cc1.I. The minimum atomic E-state index is -3.41. The summed E-state index contributed by atoms with van der Waals surface area (Å²) in [5.74, 6) is 0.680. The lowest BCUT2D eigenvalue weighted by atomic mass is 10.1. The Labute approximate surface area is 194 Å². The van der Waals surface area contributed by atoms with Crippen LogP contribution in [-0.2, 0) is 23.0 Å². The van der Waals surface area contributed by atoms with E-state index in [0.717, 1.165) is 35.4 Å². The Kier molecular flexibility index (Phi) is 9.19. The summed E-state index contributed by atoms with van der Waals surface area (Å²) in [4.78, 5) is 4.51. The number of nitrogens with one attached hydrogen (secondary N) is 3. The quantitative estimate of drug-likeness (QED) is 0.269. The summed E-state index contributed by atoms with van der Waals surface area (Å²) in [5.41, 5.74) is 2.06. The third-order valence-electron chi connectivity index (χ3n) is 4.46. The highest BCUT2D eigenvalue weighted by atomic mass is 127. The number of guanidine groups is 1. The summed E-state index contributed by atoms with van der Waals surface area (Å²) < 4.78 is 27.1. The highest BCUT2D eigenvalue weighted by Gasteiger charge is 2.27. The Morgan fingerprint density at radius 2 is 1.79 bits per heavy atom. The van der Waals surface area contributed by atoms with Gasteiger partial charge in [0.15, 0.2) is 5.96 Å². The predicted molar refractivity (Wildman–Crippen MR) is 129 cm³/mol. The van der Waals surface area contributed by atoms with Crippen LogP contribution in [0.2, 0.25) is 5.02 Å². The Balaban J connectivity index is 0.00000300. The van der Waals surface area contributed by atoms with Crippen LogP contribution in [0.25, 0.3) is 0 Å². The van der Waals surface area contributed by atoms with Crippen molar-refractivity contribution in [3.8, 4) is 0 Å². The van der Waals surface area contributed by atoms with Gasteiger partial charge in [0, 0.05) is 31.2 Å². The van der Waals surface area contributed by atoms with Crippen molar-refractivity contribution in [2.75, 3.05) is 13.6 Å². The predicted octanol–water partition coefficient (Wildman–Crippen LogP) is 3.31. The molecule has 3 N–H and O–H groups in total. The maximum Gasteiger partial charge on any atom is 0.240 e. The van der Waals surface area contributed by atoms with Crippen molar-refractivity contribution in [3.05, 3.63) is 64.7 Å². The monoisotopic (exact) mass is 548 g/mol. The summed E-state index contributed by atoms with van der Waals surface area (Å²) in [6.45, 7) is 1.25. The molecule has 29 heavy (non-hydrogen) atoms. The lowest BCUT2D eigenvalue weighted by Gasteiger charge is -2.13. The molecule has 0 spiro atoms. The van der Waals surface area contributed by atoms with Gasteiger partial charge in [-0.2, -0.15) is 0 Å². The number of halogens is 2. The van der Waals surface area contributed by atoms with E-state index >= 15 is 0 Å². The first kappa shape index (κ1) is 23.9. The summed E-state index contributed by atoms with van der Waals surface area (Å²) in [6.07, 6.45) is 2.63. The van der Waals surface area contributed by atoms with E-state index in [1.54, 1.807) is 19.2 Å². The molecule has 0 aromatic heterocycles.